The third kappa shape index (κ3) is 7.54. The first-order chi connectivity index (χ1) is 14.5. The predicted octanol–water partition coefficient (Wildman–Crippen LogP) is 3.90. The number of hydrogen-bond donors (Lipinski definition) is 2. The van der Waals surface area contributed by atoms with Crippen LogP contribution >= 0.6 is 15.9 Å². The van der Waals surface area contributed by atoms with Crippen molar-refractivity contribution in [2.24, 2.45) is 0 Å². The molecule has 2 aromatic carbocycles. The van der Waals surface area contributed by atoms with Gasteiger partial charge in [0, 0.05) is 6.07 Å². The molecule has 0 aliphatic heterocycles. The van der Waals surface area contributed by atoms with E-state index in [1.54, 1.807) is 45.5 Å². The van der Waals surface area contributed by atoms with Gasteiger partial charge in [-0.3, -0.25) is 4.55 Å². The lowest BCUT2D eigenvalue weighted by atomic mass is 10.1. The first-order valence-corrected chi connectivity index (χ1v) is 11.5. The fourth-order valence-corrected chi connectivity index (χ4v) is 4.47. The molecule has 166 valence electrons. The molecule has 3 aromatic rings. The Hall–Kier alpha value is -2.62. The highest BCUT2D eigenvalue weighted by molar-refractivity contribution is 9.10. The number of benzene rings is 2. The lowest BCUT2D eigenvalue weighted by molar-refractivity contribution is -0.639. The van der Waals surface area contributed by atoms with Gasteiger partial charge >= 0.3 is 0 Å². The summed E-state index contributed by atoms with van der Waals surface area (Å²) in [6, 6.07) is 13.1. The summed E-state index contributed by atoms with van der Waals surface area (Å²) in [5, 5.41) is 0. The largest absolute Gasteiger partial charge is 0.497 e. The molecule has 0 saturated heterocycles. The Labute approximate surface area is 191 Å². The molecule has 0 amide bonds. The maximum atomic E-state index is 10.9. The SMILES string of the molecule is COc1ccc(COc2cc(Br)c[n+](N)c2)cc1.Cc1cc(C)c(S(=O)(=O)O)c(C)c1. The summed E-state index contributed by atoms with van der Waals surface area (Å²) in [6.07, 6.45) is 3.47. The van der Waals surface area contributed by atoms with Crippen LogP contribution in [0.2, 0.25) is 0 Å². The lowest BCUT2D eigenvalue weighted by Crippen LogP contribution is -2.43. The maximum absolute atomic E-state index is 10.9. The molecule has 0 atom stereocenters. The van der Waals surface area contributed by atoms with Gasteiger partial charge in [-0.25, -0.2) is 5.84 Å². The lowest BCUT2D eigenvalue weighted by Gasteiger charge is -2.07. The Balaban J connectivity index is 0.000000233. The van der Waals surface area contributed by atoms with Gasteiger partial charge in [-0.1, -0.05) is 34.5 Å². The quantitative estimate of drug-likeness (QED) is 0.307. The molecule has 0 bridgehead atoms. The molecule has 1 heterocycles. The smallest absolute Gasteiger partial charge is 0.295 e. The standard InChI is InChI=1S/C13H14BrN2O2.C9H12O3S/c1-17-12-4-2-10(3-5-12)9-18-13-6-11(14)7-16(15)8-13;1-6-4-7(2)9(8(3)5-6)13(10,11)12/h2-8H,9,15H2,1H3;4-5H,1-3H3,(H,10,11,12)/q+1;. The molecule has 3 N–H and O–H groups in total. The topological polar surface area (TPSA) is 103 Å². The highest BCUT2D eigenvalue weighted by Crippen LogP contribution is 2.21. The summed E-state index contributed by atoms with van der Waals surface area (Å²) in [5.74, 6) is 7.20. The first-order valence-electron chi connectivity index (χ1n) is 9.27. The zero-order valence-corrected chi connectivity index (χ0v) is 20.2. The molecular formula is C22H26BrN2O5S+. The molecule has 1 aromatic heterocycles. The number of pyridine rings is 1. The van der Waals surface area contributed by atoms with Crippen molar-refractivity contribution in [3.05, 3.63) is 81.6 Å². The van der Waals surface area contributed by atoms with Crippen LogP contribution in [0.25, 0.3) is 0 Å². The van der Waals surface area contributed by atoms with Crippen LogP contribution in [-0.2, 0) is 16.7 Å². The van der Waals surface area contributed by atoms with Gasteiger partial charge in [0.05, 0.1) is 16.5 Å². The van der Waals surface area contributed by atoms with E-state index in [4.69, 9.17) is 19.9 Å². The maximum Gasteiger partial charge on any atom is 0.295 e. The van der Waals surface area contributed by atoms with E-state index in [0.717, 1.165) is 21.3 Å². The Kier molecular flexibility index (Phi) is 8.43. The van der Waals surface area contributed by atoms with Gasteiger partial charge in [-0.05, 0) is 65.5 Å². The molecule has 0 aliphatic carbocycles. The molecule has 9 heteroatoms. The second kappa shape index (κ2) is 10.6. The second-order valence-electron chi connectivity index (χ2n) is 6.98. The molecule has 3 rings (SSSR count). The van der Waals surface area contributed by atoms with E-state index in [1.165, 1.54) is 4.68 Å². The van der Waals surface area contributed by atoms with Crippen molar-refractivity contribution < 1.29 is 27.1 Å². The number of halogens is 1. The normalized spacial score (nSPS) is 10.8. The second-order valence-corrected chi connectivity index (χ2v) is 9.25. The van der Waals surface area contributed by atoms with Gasteiger partial charge in [0.15, 0.2) is 5.75 Å². The average molecular weight is 510 g/mol. The van der Waals surface area contributed by atoms with Crippen molar-refractivity contribution in [1.29, 1.82) is 0 Å². The van der Waals surface area contributed by atoms with Crippen LogP contribution in [0.15, 0.2) is 64.2 Å². The number of nitrogen functional groups attached to an aromatic ring is 1. The zero-order valence-electron chi connectivity index (χ0n) is 17.8. The van der Waals surface area contributed by atoms with Gasteiger partial charge in [0.1, 0.15) is 12.4 Å². The highest BCUT2D eigenvalue weighted by Gasteiger charge is 2.16. The van der Waals surface area contributed by atoms with Crippen LogP contribution < -0.4 is 20.0 Å². The molecule has 31 heavy (non-hydrogen) atoms. The van der Waals surface area contributed by atoms with Gasteiger partial charge in [-0.15, -0.1) is 0 Å². The van der Waals surface area contributed by atoms with Gasteiger partial charge in [-0.2, -0.15) is 8.42 Å². The third-order valence-electron chi connectivity index (χ3n) is 4.26. The molecule has 0 aliphatic rings. The molecule has 0 saturated carbocycles. The number of nitrogens with two attached hydrogens (primary N) is 1. The van der Waals surface area contributed by atoms with E-state index in [1.807, 2.05) is 37.3 Å². The van der Waals surface area contributed by atoms with Crippen LogP contribution in [0.4, 0.5) is 0 Å². The molecule has 0 fully saturated rings. The summed E-state index contributed by atoms with van der Waals surface area (Å²) in [6.45, 7) is 5.71. The van der Waals surface area contributed by atoms with E-state index in [9.17, 15) is 8.42 Å². The summed E-state index contributed by atoms with van der Waals surface area (Å²) in [5.41, 5.74) is 3.22. The summed E-state index contributed by atoms with van der Waals surface area (Å²) < 4.78 is 43.9. The Morgan fingerprint density at radius 1 is 1.00 bits per heavy atom. The fourth-order valence-electron chi connectivity index (χ4n) is 3.08. The third-order valence-corrected chi connectivity index (χ3v) is 5.85. The monoisotopic (exact) mass is 509 g/mol. The molecule has 0 unspecified atom stereocenters. The first kappa shape index (κ1) is 24.6. The molecule has 0 radical (unpaired) electrons. The number of aromatic nitrogens is 1. The number of nitrogens with zero attached hydrogens (tertiary/aromatic N) is 1. The summed E-state index contributed by atoms with van der Waals surface area (Å²) in [7, 11) is -2.44. The Morgan fingerprint density at radius 3 is 2.06 bits per heavy atom. The van der Waals surface area contributed by atoms with Crippen molar-refractivity contribution in [3.63, 3.8) is 0 Å². The number of ether oxygens (including phenoxy) is 2. The molecular weight excluding hydrogens is 484 g/mol. The van der Waals surface area contributed by atoms with Crippen LogP contribution in [0.3, 0.4) is 0 Å². The van der Waals surface area contributed by atoms with E-state index >= 15 is 0 Å². The minimum absolute atomic E-state index is 0.0260. The molecule has 0 spiro atoms. The van der Waals surface area contributed by atoms with Gasteiger partial charge in [0.2, 0.25) is 12.4 Å². The summed E-state index contributed by atoms with van der Waals surface area (Å²) >= 11 is 3.36. The minimum atomic E-state index is -4.08. The van der Waals surface area contributed by atoms with E-state index in [0.29, 0.717) is 23.5 Å². The van der Waals surface area contributed by atoms with Gasteiger partial charge in [0.25, 0.3) is 10.1 Å². The minimum Gasteiger partial charge on any atom is -0.497 e. The fraction of sp³-hybridized carbons (Fsp3) is 0.227. The molecule has 7 nitrogen and oxygen atoms in total. The van der Waals surface area contributed by atoms with Crippen LogP contribution in [-0.4, -0.2) is 20.1 Å². The number of rotatable bonds is 5. The average Bonchev–Trinajstić information content (AvgIpc) is 2.64. The van der Waals surface area contributed by atoms with Crippen molar-refractivity contribution in [1.82, 2.24) is 0 Å². The van der Waals surface area contributed by atoms with E-state index < -0.39 is 10.1 Å². The summed E-state index contributed by atoms with van der Waals surface area (Å²) in [4.78, 5) is 0.0260. The van der Waals surface area contributed by atoms with Crippen LogP contribution in [0, 0.1) is 20.8 Å². The van der Waals surface area contributed by atoms with Crippen molar-refractivity contribution >= 4 is 26.0 Å². The zero-order chi connectivity index (χ0) is 23.2. The number of methoxy groups -OCH3 is 1. The van der Waals surface area contributed by atoms with Crippen LogP contribution in [0.5, 0.6) is 11.5 Å². The predicted molar refractivity (Wildman–Crippen MR) is 122 cm³/mol. The van der Waals surface area contributed by atoms with Crippen molar-refractivity contribution in [2.45, 2.75) is 32.3 Å². The number of hydrogen-bond acceptors (Lipinski definition) is 5. The van der Waals surface area contributed by atoms with Crippen molar-refractivity contribution in [2.75, 3.05) is 13.0 Å². The highest BCUT2D eigenvalue weighted by atomic mass is 79.9. The number of aryl methyl sites for hydroxylation is 3. The Morgan fingerprint density at radius 2 is 1.58 bits per heavy atom. The van der Waals surface area contributed by atoms with E-state index in [-0.39, 0.29) is 4.90 Å². The van der Waals surface area contributed by atoms with Crippen LogP contribution in [0.1, 0.15) is 22.3 Å². The van der Waals surface area contributed by atoms with E-state index in [2.05, 4.69) is 15.9 Å². The Bertz CT molecular complexity index is 1110. The van der Waals surface area contributed by atoms with Crippen molar-refractivity contribution in [3.8, 4) is 11.5 Å². The van der Waals surface area contributed by atoms with Gasteiger partial charge < -0.3 is 9.47 Å².